The minimum atomic E-state index is -0.688. The van der Waals surface area contributed by atoms with Crippen LogP contribution in [-0.2, 0) is 4.79 Å². The van der Waals surface area contributed by atoms with Crippen LogP contribution in [0.15, 0.2) is 0 Å². The fraction of sp³-hybridized carbons (Fsp3) is 0.923. The Morgan fingerprint density at radius 2 is 1.22 bits per heavy atom. The van der Waals surface area contributed by atoms with E-state index in [2.05, 4.69) is 14.7 Å². The molecular weight excluding hydrogens is 230 g/mol. The van der Waals surface area contributed by atoms with Gasteiger partial charge in [-0.15, -0.1) is 0 Å². The largest absolute Gasteiger partial charge is 0.481 e. The van der Waals surface area contributed by atoms with E-state index in [9.17, 15) is 4.79 Å². The van der Waals surface area contributed by atoms with Gasteiger partial charge in [-0.1, -0.05) is 0 Å². The van der Waals surface area contributed by atoms with Crippen LogP contribution in [-0.4, -0.2) is 84.7 Å². The van der Waals surface area contributed by atoms with E-state index in [1.807, 2.05) is 0 Å². The van der Waals surface area contributed by atoms with Crippen LogP contribution in [0.3, 0.4) is 0 Å². The lowest BCUT2D eigenvalue weighted by Crippen LogP contribution is -2.48. The van der Waals surface area contributed by atoms with Gasteiger partial charge in [-0.3, -0.25) is 9.69 Å². The molecule has 2 saturated heterocycles. The summed E-state index contributed by atoms with van der Waals surface area (Å²) in [5.74, 6) is -0.688. The molecule has 0 spiro atoms. The number of piperazine rings is 1. The van der Waals surface area contributed by atoms with Gasteiger partial charge in [-0.2, -0.15) is 0 Å². The van der Waals surface area contributed by atoms with Gasteiger partial charge < -0.3 is 14.9 Å². The molecule has 1 N–H and O–H groups in total. The predicted molar refractivity (Wildman–Crippen MR) is 70.8 cm³/mol. The van der Waals surface area contributed by atoms with E-state index >= 15 is 0 Å². The zero-order valence-electron chi connectivity index (χ0n) is 11.2. The lowest BCUT2D eigenvalue weighted by Gasteiger charge is -2.35. The van der Waals surface area contributed by atoms with Crippen molar-refractivity contribution in [3.8, 4) is 0 Å². The van der Waals surface area contributed by atoms with E-state index in [4.69, 9.17) is 5.11 Å². The molecule has 2 aliphatic heterocycles. The molecule has 0 bridgehead atoms. The highest BCUT2D eigenvalue weighted by Gasteiger charge is 2.18. The van der Waals surface area contributed by atoms with Crippen LogP contribution < -0.4 is 0 Å². The highest BCUT2D eigenvalue weighted by molar-refractivity contribution is 5.66. The van der Waals surface area contributed by atoms with Crippen LogP contribution in [0.4, 0.5) is 0 Å². The molecule has 2 aliphatic rings. The summed E-state index contributed by atoms with van der Waals surface area (Å²) in [5.41, 5.74) is 0. The van der Waals surface area contributed by atoms with Crippen molar-refractivity contribution in [2.75, 3.05) is 58.9 Å². The first kappa shape index (κ1) is 13.8. The third-order valence-electron chi connectivity index (χ3n) is 4.04. The van der Waals surface area contributed by atoms with Crippen molar-refractivity contribution in [3.63, 3.8) is 0 Å². The highest BCUT2D eigenvalue weighted by Crippen LogP contribution is 2.08. The number of carboxylic acids is 1. The molecule has 2 rings (SSSR count). The molecule has 0 unspecified atom stereocenters. The Kier molecular flexibility index (Phi) is 5.41. The first-order valence-electron chi connectivity index (χ1n) is 7.13. The zero-order chi connectivity index (χ0) is 12.8. The molecule has 0 aromatic carbocycles. The predicted octanol–water partition coefficient (Wildman–Crippen LogP) is 0.175. The molecule has 2 heterocycles. The summed E-state index contributed by atoms with van der Waals surface area (Å²) in [7, 11) is 0. The van der Waals surface area contributed by atoms with Crippen LogP contribution in [0.2, 0.25) is 0 Å². The minimum Gasteiger partial charge on any atom is -0.481 e. The van der Waals surface area contributed by atoms with E-state index in [-0.39, 0.29) is 6.42 Å². The van der Waals surface area contributed by atoms with Gasteiger partial charge in [0.05, 0.1) is 6.42 Å². The maximum absolute atomic E-state index is 10.5. The summed E-state index contributed by atoms with van der Waals surface area (Å²) in [6, 6.07) is 0. The molecule has 0 atom stereocenters. The zero-order valence-corrected chi connectivity index (χ0v) is 11.2. The van der Waals surface area contributed by atoms with Gasteiger partial charge in [0.1, 0.15) is 0 Å². The Hall–Kier alpha value is -0.650. The van der Waals surface area contributed by atoms with Crippen molar-refractivity contribution in [3.05, 3.63) is 0 Å². The molecule has 0 radical (unpaired) electrons. The lowest BCUT2D eigenvalue weighted by atomic mass is 10.3. The van der Waals surface area contributed by atoms with Crippen LogP contribution >= 0.6 is 0 Å². The second kappa shape index (κ2) is 7.07. The van der Waals surface area contributed by atoms with Crippen molar-refractivity contribution in [1.29, 1.82) is 0 Å². The lowest BCUT2D eigenvalue weighted by molar-refractivity contribution is -0.137. The second-order valence-electron chi connectivity index (χ2n) is 5.38. The van der Waals surface area contributed by atoms with E-state index in [0.29, 0.717) is 6.54 Å². The molecule has 2 fully saturated rings. The number of rotatable bonds is 6. The first-order valence-corrected chi connectivity index (χ1v) is 7.13. The first-order chi connectivity index (χ1) is 8.74. The molecule has 5 nitrogen and oxygen atoms in total. The van der Waals surface area contributed by atoms with Crippen molar-refractivity contribution in [2.45, 2.75) is 19.3 Å². The number of carbonyl (C=O) groups is 1. The average molecular weight is 255 g/mol. The second-order valence-corrected chi connectivity index (χ2v) is 5.38. The van der Waals surface area contributed by atoms with Gasteiger partial charge in [0.25, 0.3) is 0 Å². The Balaban J connectivity index is 1.56. The topological polar surface area (TPSA) is 47.0 Å². The molecule has 0 aromatic rings. The molecule has 18 heavy (non-hydrogen) atoms. The monoisotopic (exact) mass is 255 g/mol. The number of nitrogens with zero attached hydrogens (tertiary/aromatic N) is 3. The number of carboxylic acid groups (broad SMARTS) is 1. The maximum atomic E-state index is 10.5. The summed E-state index contributed by atoms with van der Waals surface area (Å²) < 4.78 is 0. The summed E-state index contributed by atoms with van der Waals surface area (Å²) in [6.07, 6.45) is 3.00. The van der Waals surface area contributed by atoms with Gasteiger partial charge in [-0.05, 0) is 25.9 Å². The third kappa shape index (κ3) is 4.55. The van der Waals surface area contributed by atoms with Crippen molar-refractivity contribution < 1.29 is 9.90 Å². The van der Waals surface area contributed by atoms with Crippen molar-refractivity contribution in [1.82, 2.24) is 14.7 Å². The Bertz CT molecular complexity index is 259. The summed E-state index contributed by atoms with van der Waals surface area (Å²) >= 11 is 0. The van der Waals surface area contributed by atoms with E-state index in [1.54, 1.807) is 0 Å². The number of likely N-dealkylation sites (tertiary alicyclic amines) is 1. The molecule has 104 valence electrons. The number of hydrogen-bond donors (Lipinski definition) is 1. The highest BCUT2D eigenvalue weighted by atomic mass is 16.4. The van der Waals surface area contributed by atoms with Gasteiger partial charge in [0.2, 0.25) is 0 Å². The van der Waals surface area contributed by atoms with E-state index in [1.165, 1.54) is 39.0 Å². The quantitative estimate of drug-likeness (QED) is 0.733. The summed E-state index contributed by atoms with van der Waals surface area (Å²) in [6.45, 7) is 9.86. The Morgan fingerprint density at radius 3 is 1.72 bits per heavy atom. The van der Waals surface area contributed by atoms with Crippen molar-refractivity contribution >= 4 is 5.97 Å². The van der Waals surface area contributed by atoms with Crippen LogP contribution in [0.25, 0.3) is 0 Å². The van der Waals surface area contributed by atoms with Gasteiger partial charge in [0.15, 0.2) is 0 Å². The standard InChI is InChI=1S/C13H25N3O2/c17-13(18)3-6-15-8-11-16(12-9-15)10-7-14-4-1-2-5-14/h1-12H2,(H,17,18). The number of hydrogen-bond acceptors (Lipinski definition) is 4. The van der Waals surface area contributed by atoms with Crippen LogP contribution in [0, 0.1) is 0 Å². The number of aliphatic carboxylic acids is 1. The molecule has 0 amide bonds. The molecule has 5 heteroatoms. The molecule has 0 saturated carbocycles. The molecule has 0 aliphatic carbocycles. The van der Waals surface area contributed by atoms with Crippen LogP contribution in [0.5, 0.6) is 0 Å². The summed E-state index contributed by atoms with van der Waals surface area (Å²) in [5, 5.41) is 8.66. The fourth-order valence-corrected chi connectivity index (χ4v) is 2.78. The Labute approximate surface area is 109 Å². The normalized spacial score (nSPS) is 23.6. The van der Waals surface area contributed by atoms with Gasteiger partial charge >= 0.3 is 5.97 Å². The Morgan fingerprint density at radius 1 is 0.778 bits per heavy atom. The fourth-order valence-electron chi connectivity index (χ4n) is 2.78. The third-order valence-corrected chi connectivity index (χ3v) is 4.04. The SMILES string of the molecule is O=C(O)CCN1CCN(CCN2CCCC2)CC1. The molecule has 0 aromatic heterocycles. The minimum absolute atomic E-state index is 0.272. The molecular formula is C13H25N3O2. The van der Waals surface area contributed by atoms with Gasteiger partial charge in [0, 0.05) is 45.8 Å². The van der Waals surface area contributed by atoms with Gasteiger partial charge in [-0.25, -0.2) is 0 Å². The average Bonchev–Trinajstić information content (AvgIpc) is 2.88. The van der Waals surface area contributed by atoms with E-state index in [0.717, 1.165) is 26.2 Å². The van der Waals surface area contributed by atoms with E-state index < -0.39 is 5.97 Å². The van der Waals surface area contributed by atoms with Crippen LogP contribution in [0.1, 0.15) is 19.3 Å². The maximum Gasteiger partial charge on any atom is 0.304 e. The summed E-state index contributed by atoms with van der Waals surface area (Å²) in [4.78, 5) is 17.8. The smallest absolute Gasteiger partial charge is 0.304 e. The van der Waals surface area contributed by atoms with Crippen molar-refractivity contribution in [2.24, 2.45) is 0 Å².